The number of amides is 1. The van der Waals surface area contributed by atoms with Crippen LogP contribution in [0.15, 0.2) is 53.4 Å². The first-order chi connectivity index (χ1) is 12.3. The second-order valence-electron chi connectivity index (χ2n) is 6.15. The predicted octanol–water partition coefficient (Wildman–Crippen LogP) is 2.99. The monoisotopic (exact) mass is 376 g/mol. The Kier molecular flexibility index (Phi) is 6.90. The van der Waals surface area contributed by atoms with Gasteiger partial charge in [-0.25, -0.2) is 13.1 Å². The maximum absolute atomic E-state index is 12.4. The highest BCUT2D eigenvalue weighted by atomic mass is 32.2. The van der Waals surface area contributed by atoms with Gasteiger partial charge in [0.1, 0.15) is 0 Å². The van der Waals surface area contributed by atoms with E-state index in [-0.39, 0.29) is 29.5 Å². The number of methoxy groups -OCH3 is 1. The maximum Gasteiger partial charge on any atom is 0.255 e. The molecule has 0 spiro atoms. The number of hydrogen-bond donors (Lipinski definition) is 2. The average Bonchev–Trinajstić information content (AvgIpc) is 2.62. The molecule has 2 N–H and O–H groups in total. The van der Waals surface area contributed by atoms with E-state index >= 15 is 0 Å². The number of nitrogens with one attached hydrogen (secondary N) is 2. The van der Waals surface area contributed by atoms with Gasteiger partial charge in [0, 0.05) is 24.9 Å². The van der Waals surface area contributed by atoms with Crippen molar-refractivity contribution in [3.05, 3.63) is 59.7 Å². The van der Waals surface area contributed by atoms with Crippen LogP contribution in [0, 0.1) is 0 Å². The van der Waals surface area contributed by atoms with Crippen molar-refractivity contribution in [3.8, 4) is 0 Å². The molecule has 0 aromatic heterocycles. The molecule has 0 heterocycles. The molecule has 0 saturated carbocycles. The van der Waals surface area contributed by atoms with Crippen LogP contribution in [0.5, 0.6) is 0 Å². The second-order valence-corrected chi connectivity index (χ2v) is 7.92. The van der Waals surface area contributed by atoms with Crippen molar-refractivity contribution in [2.24, 2.45) is 0 Å². The highest BCUT2D eigenvalue weighted by molar-refractivity contribution is 7.89. The number of hydrogen-bond acceptors (Lipinski definition) is 4. The van der Waals surface area contributed by atoms with Gasteiger partial charge >= 0.3 is 0 Å². The Morgan fingerprint density at radius 1 is 1.12 bits per heavy atom. The molecule has 26 heavy (non-hydrogen) atoms. The van der Waals surface area contributed by atoms with E-state index in [2.05, 4.69) is 23.9 Å². The van der Waals surface area contributed by atoms with Crippen LogP contribution in [-0.2, 0) is 14.8 Å². The van der Waals surface area contributed by atoms with Crippen molar-refractivity contribution in [1.82, 2.24) is 4.72 Å². The molecule has 2 aromatic carbocycles. The first kappa shape index (κ1) is 20.1. The number of ether oxygens (including phenoxy) is 1. The van der Waals surface area contributed by atoms with Gasteiger partial charge in [0.15, 0.2) is 0 Å². The summed E-state index contributed by atoms with van der Waals surface area (Å²) in [7, 11) is -2.19. The molecule has 0 saturated heterocycles. The number of carbonyl (C=O) groups is 1. The first-order valence-electron chi connectivity index (χ1n) is 8.33. The molecule has 6 nitrogen and oxygen atoms in total. The van der Waals surface area contributed by atoms with Crippen LogP contribution < -0.4 is 10.0 Å². The molecule has 7 heteroatoms. The standard InChI is InChI=1S/C19H24N2O4S/c1-14(2)15-7-9-17(10-8-15)21-19(22)16-5-4-6-18(13-16)26(23,24)20-11-12-25-3/h4-10,13-14,20H,11-12H2,1-3H3,(H,21,22). The molecule has 2 aromatic rings. The van der Waals surface area contributed by atoms with Crippen LogP contribution in [0.1, 0.15) is 35.7 Å². The summed E-state index contributed by atoms with van der Waals surface area (Å²) in [5.41, 5.74) is 2.11. The third-order valence-corrected chi connectivity index (χ3v) is 5.30. The average molecular weight is 376 g/mol. The normalized spacial score (nSPS) is 11.5. The Morgan fingerprint density at radius 2 is 1.81 bits per heavy atom. The van der Waals surface area contributed by atoms with E-state index in [1.165, 1.54) is 24.8 Å². The van der Waals surface area contributed by atoms with Crippen LogP contribution in [0.3, 0.4) is 0 Å². The van der Waals surface area contributed by atoms with Crippen molar-refractivity contribution in [2.45, 2.75) is 24.7 Å². The molecular formula is C19H24N2O4S. The number of benzene rings is 2. The molecule has 0 aliphatic heterocycles. The van der Waals surface area contributed by atoms with Crippen molar-refractivity contribution < 1.29 is 17.9 Å². The number of sulfonamides is 1. The largest absolute Gasteiger partial charge is 0.383 e. The fourth-order valence-corrected chi connectivity index (χ4v) is 3.38. The highest BCUT2D eigenvalue weighted by Gasteiger charge is 2.16. The lowest BCUT2D eigenvalue weighted by Gasteiger charge is -2.10. The molecule has 0 bridgehead atoms. The zero-order valence-corrected chi connectivity index (χ0v) is 16.0. The summed E-state index contributed by atoms with van der Waals surface area (Å²) < 4.78 is 31.7. The number of carbonyl (C=O) groups excluding carboxylic acids is 1. The Hall–Kier alpha value is -2.22. The lowest BCUT2D eigenvalue weighted by atomic mass is 10.0. The Bertz CT molecular complexity index is 846. The zero-order valence-electron chi connectivity index (χ0n) is 15.2. The molecule has 0 radical (unpaired) electrons. The Labute approximate surface area is 154 Å². The van der Waals surface area contributed by atoms with E-state index in [1.54, 1.807) is 12.1 Å². The predicted molar refractivity (Wildman–Crippen MR) is 102 cm³/mol. The molecule has 2 rings (SSSR count). The van der Waals surface area contributed by atoms with Gasteiger partial charge in [0.05, 0.1) is 11.5 Å². The molecule has 0 aliphatic carbocycles. The summed E-state index contributed by atoms with van der Waals surface area (Å²) in [6, 6.07) is 13.5. The third-order valence-electron chi connectivity index (χ3n) is 3.84. The van der Waals surface area contributed by atoms with Crippen molar-refractivity contribution in [3.63, 3.8) is 0 Å². The summed E-state index contributed by atoms with van der Waals surface area (Å²) in [5, 5.41) is 2.78. The van der Waals surface area contributed by atoms with E-state index in [1.807, 2.05) is 24.3 Å². The van der Waals surface area contributed by atoms with Gasteiger partial charge in [0.2, 0.25) is 10.0 Å². The quantitative estimate of drug-likeness (QED) is 0.694. The molecular weight excluding hydrogens is 352 g/mol. The summed E-state index contributed by atoms with van der Waals surface area (Å²) in [4.78, 5) is 12.5. The van der Waals surface area contributed by atoms with E-state index in [4.69, 9.17) is 4.74 Å². The smallest absolute Gasteiger partial charge is 0.255 e. The van der Waals surface area contributed by atoms with Gasteiger partial charge in [-0.05, 0) is 41.8 Å². The second kappa shape index (κ2) is 8.93. The van der Waals surface area contributed by atoms with Crippen LogP contribution in [-0.4, -0.2) is 34.6 Å². The fourth-order valence-electron chi connectivity index (χ4n) is 2.32. The van der Waals surface area contributed by atoms with E-state index in [0.717, 1.165) is 0 Å². The van der Waals surface area contributed by atoms with Gasteiger partial charge in [-0.1, -0.05) is 32.0 Å². The third kappa shape index (κ3) is 5.39. The van der Waals surface area contributed by atoms with Gasteiger partial charge in [-0.3, -0.25) is 4.79 Å². The van der Waals surface area contributed by atoms with Crippen molar-refractivity contribution in [1.29, 1.82) is 0 Å². The van der Waals surface area contributed by atoms with E-state index in [9.17, 15) is 13.2 Å². The summed E-state index contributed by atoms with van der Waals surface area (Å²) in [6.07, 6.45) is 0. The summed E-state index contributed by atoms with van der Waals surface area (Å²) >= 11 is 0. The minimum absolute atomic E-state index is 0.0383. The summed E-state index contributed by atoms with van der Waals surface area (Å²) in [6.45, 7) is 4.63. The van der Waals surface area contributed by atoms with E-state index < -0.39 is 10.0 Å². The molecule has 0 unspecified atom stereocenters. The van der Waals surface area contributed by atoms with Crippen molar-refractivity contribution >= 4 is 21.6 Å². The molecule has 0 aliphatic rings. The maximum atomic E-state index is 12.4. The van der Waals surface area contributed by atoms with E-state index in [0.29, 0.717) is 11.6 Å². The lowest BCUT2D eigenvalue weighted by Crippen LogP contribution is -2.27. The van der Waals surface area contributed by atoms with Crippen molar-refractivity contribution in [2.75, 3.05) is 25.6 Å². The Balaban J connectivity index is 2.12. The minimum Gasteiger partial charge on any atom is -0.383 e. The van der Waals surface area contributed by atoms with Crippen LogP contribution in [0.25, 0.3) is 0 Å². The Morgan fingerprint density at radius 3 is 2.42 bits per heavy atom. The van der Waals surface area contributed by atoms with Crippen LogP contribution in [0.2, 0.25) is 0 Å². The lowest BCUT2D eigenvalue weighted by molar-refractivity contribution is 0.102. The van der Waals surface area contributed by atoms with Crippen LogP contribution in [0.4, 0.5) is 5.69 Å². The van der Waals surface area contributed by atoms with Crippen LogP contribution >= 0.6 is 0 Å². The highest BCUT2D eigenvalue weighted by Crippen LogP contribution is 2.18. The van der Waals surface area contributed by atoms with Gasteiger partial charge in [0.25, 0.3) is 5.91 Å². The molecule has 0 fully saturated rings. The molecule has 1 amide bonds. The topological polar surface area (TPSA) is 84.5 Å². The van der Waals surface area contributed by atoms with Gasteiger partial charge in [-0.15, -0.1) is 0 Å². The molecule has 140 valence electrons. The van der Waals surface area contributed by atoms with Gasteiger partial charge in [-0.2, -0.15) is 0 Å². The minimum atomic E-state index is -3.69. The number of rotatable bonds is 8. The van der Waals surface area contributed by atoms with Gasteiger partial charge < -0.3 is 10.1 Å². The fraction of sp³-hybridized carbons (Fsp3) is 0.316. The zero-order chi connectivity index (χ0) is 19.2. The first-order valence-corrected chi connectivity index (χ1v) is 9.82. The summed E-state index contributed by atoms with van der Waals surface area (Å²) in [5.74, 6) is 0.0449. The number of anilines is 1. The molecule has 0 atom stereocenters. The SMILES string of the molecule is COCCNS(=O)(=O)c1cccc(C(=O)Nc2ccc(C(C)C)cc2)c1.